The van der Waals surface area contributed by atoms with Crippen LogP contribution in [0.5, 0.6) is 11.5 Å². The molecule has 0 aliphatic carbocycles. The Labute approximate surface area is 457 Å². The Balaban J connectivity index is 1.03. The van der Waals surface area contributed by atoms with Gasteiger partial charge in [0, 0.05) is 16.7 Å². The molecule has 8 aromatic carbocycles. The van der Waals surface area contributed by atoms with Crippen molar-refractivity contribution >= 4 is 33.0 Å². The molecule has 0 radical (unpaired) electrons. The molecule has 0 N–H and O–H groups in total. The maximum Gasteiger partial charge on any atom is 0.449 e. The second-order valence-electron chi connectivity index (χ2n) is 21.7. The van der Waals surface area contributed by atoms with E-state index in [2.05, 4.69) is 168 Å². The maximum atomic E-state index is 13.8. The quantitative estimate of drug-likeness (QED) is 0.115. The highest BCUT2D eigenvalue weighted by molar-refractivity contribution is 5.93. The molecule has 0 amide bonds. The average molecular weight is 1050 g/mol. The molecule has 0 unspecified atom stereocenters. The number of hydrogen-bond acceptors (Lipinski definition) is 5. The Bertz CT molecular complexity index is 4170. The first-order valence-electron chi connectivity index (χ1n) is 27.0. The van der Waals surface area contributed by atoms with Crippen molar-refractivity contribution in [1.82, 2.24) is 19.1 Å². The fourth-order valence-corrected chi connectivity index (χ4v) is 11.1. The molecule has 0 fully saturated rings. The Kier molecular flexibility index (Phi) is 13.0. The van der Waals surface area contributed by atoms with Crippen molar-refractivity contribution in [3.63, 3.8) is 0 Å². The highest BCUT2D eigenvalue weighted by Gasteiger charge is 2.35. The Morgan fingerprint density at radius 1 is 0.443 bits per heavy atom. The lowest BCUT2D eigenvalue weighted by molar-refractivity contribution is -0.152. The number of nitrogens with zero attached hydrogens (tertiary/aromatic N) is 4. The van der Waals surface area contributed by atoms with Gasteiger partial charge in [0.05, 0.1) is 45.1 Å². The molecule has 0 bridgehead atoms. The molecule has 12 rings (SSSR count). The molecule has 4 aromatic heterocycles. The van der Waals surface area contributed by atoms with E-state index < -0.39 is 11.9 Å². The zero-order valence-corrected chi connectivity index (χ0v) is 45.4. The zero-order valence-electron chi connectivity index (χ0n) is 45.4. The van der Waals surface area contributed by atoms with Crippen molar-refractivity contribution in [2.24, 2.45) is 0 Å². The first-order chi connectivity index (χ1) is 38.1. The van der Waals surface area contributed by atoms with Gasteiger partial charge >= 0.3 is 6.18 Å². The lowest BCUT2D eigenvalue weighted by Crippen LogP contribution is -2.09. The van der Waals surface area contributed by atoms with Crippen LogP contribution in [0, 0.1) is 0 Å². The van der Waals surface area contributed by atoms with Crippen LogP contribution in [0.25, 0.3) is 101 Å². The number of fused-ring (bicyclic) bond motifs is 3. The average Bonchev–Trinajstić information content (AvgIpc) is 4.47. The number of hydrogen-bond donors (Lipinski definition) is 0. The van der Waals surface area contributed by atoms with Gasteiger partial charge in [-0.3, -0.25) is 9.13 Å². The van der Waals surface area contributed by atoms with Crippen LogP contribution in [-0.4, -0.2) is 19.1 Å². The molecule has 0 aliphatic heterocycles. The first kappa shape index (κ1) is 50.9. The van der Waals surface area contributed by atoms with E-state index in [1.165, 1.54) is 28.3 Å². The molecule has 0 saturated carbocycles. The van der Waals surface area contributed by atoms with Crippen LogP contribution >= 0.6 is 0 Å². The van der Waals surface area contributed by atoms with Gasteiger partial charge in [-0.1, -0.05) is 140 Å². The predicted molar refractivity (Wildman–Crippen MR) is 313 cm³/mol. The maximum absolute atomic E-state index is 13.8. The van der Waals surface area contributed by atoms with Gasteiger partial charge in [0.25, 0.3) is 0 Å². The van der Waals surface area contributed by atoms with E-state index in [-0.39, 0.29) is 29.4 Å². The third kappa shape index (κ3) is 9.39. The molecule has 0 atom stereocenters. The summed E-state index contributed by atoms with van der Waals surface area (Å²) < 4.78 is 64.7. The number of furan rings is 2. The van der Waals surface area contributed by atoms with Gasteiger partial charge in [0.2, 0.25) is 5.76 Å². The standard InChI is InChI=1S/C69H59F3N4O3/c1-40(2)53-33-48(44-18-11-9-12-19-44)34-54(41(3)4)65(53)75-59-25-16-15-24-57(59)73-67(75)47-22-17-23-51(32-47)78-63-39-50(38-62-52(63)30-31-77-62)68-74-58-37-46(61-28-29-64(79-61)69(70,71)72)26-27-60(58)76(68)66-55(42(5)6)35-49(36-56(66)43(7)8)45-20-13-10-14-21-45/h9-43H,1-8H3. The number of imidazole rings is 2. The number of halogens is 3. The number of ether oxygens (including phenoxy) is 1. The Hall–Kier alpha value is -8.89. The first-order valence-corrected chi connectivity index (χ1v) is 27.0. The van der Waals surface area contributed by atoms with Crippen LogP contribution in [0.3, 0.4) is 0 Å². The molecular weight excluding hydrogens is 990 g/mol. The van der Waals surface area contributed by atoms with Crippen LogP contribution < -0.4 is 4.74 Å². The molecular formula is C69H59F3N4O3. The smallest absolute Gasteiger partial charge is 0.449 e. The van der Waals surface area contributed by atoms with Gasteiger partial charge in [0.1, 0.15) is 34.5 Å². The second kappa shape index (κ2) is 20.2. The predicted octanol–water partition coefficient (Wildman–Crippen LogP) is 20.3. The van der Waals surface area contributed by atoms with Gasteiger partial charge < -0.3 is 13.6 Å². The SMILES string of the molecule is CC(C)c1cc(-c2ccccc2)cc(C(C)C)c1-n1c(-c2cccc(Oc3cc(-c4nc5cc(-c6ccc(C(F)(F)F)o6)ccc5n4-c4c(C(C)C)cc(-c5ccccc5)cc4C(C)C)cc4occc34)c2)nc2ccccc21. The summed E-state index contributed by atoms with van der Waals surface area (Å²) in [5.74, 6) is 2.14. The summed E-state index contributed by atoms with van der Waals surface area (Å²) >= 11 is 0. The zero-order chi connectivity index (χ0) is 54.9. The number of rotatable bonds is 13. The molecule has 0 saturated heterocycles. The lowest BCUT2D eigenvalue weighted by Gasteiger charge is -2.24. The van der Waals surface area contributed by atoms with Crippen molar-refractivity contribution in [1.29, 1.82) is 0 Å². The van der Waals surface area contributed by atoms with Crippen molar-refractivity contribution in [2.45, 2.75) is 85.2 Å². The Morgan fingerprint density at radius 3 is 1.54 bits per heavy atom. The summed E-state index contributed by atoms with van der Waals surface area (Å²) in [6, 6.07) is 60.3. The highest BCUT2D eigenvalue weighted by atomic mass is 19.4. The van der Waals surface area contributed by atoms with E-state index in [0.717, 1.165) is 73.0 Å². The summed E-state index contributed by atoms with van der Waals surface area (Å²) in [7, 11) is 0. The minimum absolute atomic E-state index is 0.0825. The third-order valence-corrected chi connectivity index (χ3v) is 15.0. The minimum Gasteiger partial charge on any atom is -0.464 e. The normalized spacial score (nSPS) is 12.2. The summed E-state index contributed by atoms with van der Waals surface area (Å²) in [6.07, 6.45) is -2.97. The van der Waals surface area contributed by atoms with Crippen molar-refractivity contribution in [3.05, 3.63) is 216 Å². The molecule has 0 spiro atoms. The molecule has 7 nitrogen and oxygen atoms in total. The van der Waals surface area contributed by atoms with Crippen LogP contribution in [0.15, 0.2) is 197 Å². The second-order valence-corrected chi connectivity index (χ2v) is 21.7. The van der Waals surface area contributed by atoms with E-state index in [1.54, 1.807) is 18.4 Å². The molecule has 79 heavy (non-hydrogen) atoms. The van der Waals surface area contributed by atoms with Crippen LogP contribution in [-0.2, 0) is 6.18 Å². The minimum atomic E-state index is -4.63. The van der Waals surface area contributed by atoms with Crippen LogP contribution in [0.4, 0.5) is 13.2 Å². The van der Waals surface area contributed by atoms with Crippen molar-refractivity contribution < 1.29 is 26.7 Å². The summed E-state index contributed by atoms with van der Waals surface area (Å²) in [4.78, 5) is 10.8. The van der Waals surface area contributed by atoms with Gasteiger partial charge in [-0.05, 0) is 165 Å². The Morgan fingerprint density at radius 2 is 0.975 bits per heavy atom. The topological polar surface area (TPSA) is 71.2 Å². The third-order valence-electron chi connectivity index (χ3n) is 15.0. The van der Waals surface area contributed by atoms with Gasteiger partial charge in [-0.15, -0.1) is 0 Å². The van der Waals surface area contributed by atoms with E-state index in [9.17, 15) is 13.2 Å². The van der Waals surface area contributed by atoms with Gasteiger partial charge in [0.15, 0.2) is 0 Å². The highest BCUT2D eigenvalue weighted by Crippen LogP contribution is 2.45. The van der Waals surface area contributed by atoms with Crippen LogP contribution in [0.2, 0.25) is 0 Å². The monoisotopic (exact) mass is 1050 g/mol. The molecule has 4 heterocycles. The van der Waals surface area contributed by atoms with E-state index in [4.69, 9.17) is 23.5 Å². The van der Waals surface area contributed by atoms with Crippen molar-refractivity contribution in [3.8, 4) is 79.2 Å². The largest absolute Gasteiger partial charge is 0.464 e. The molecule has 394 valence electrons. The van der Waals surface area contributed by atoms with Gasteiger partial charge in [-0.2, -0.15) is 13.2 Å². The number of para-hydroxylation sites is 2. The van der Waals surface area contributed by atoms with Crippen molar-refractivity contribution in [2.75, 3.05) is 0 Å². The summed E-state index contributed by atoms with van der Waals surface area (Å²) in [5.41, 5.74) is 17.3. The molecule has 12 aromatic rings. The fourth-order valence-electron chi connectivity index (χ4n) is 11.1. The molecule has 10 heteroatoms. The van der Waals surface area contributed by atoms with E-state index in [1.807, 2.05) is 54.6 Å². The number of aromatic nitrogens is 4. The summed E-state index contributed by atoms with van der Waals surface area (Å²) in [6.45, 7) is 17.8. The van der Waals surface area contributed by atoms with Crippen LogP contribution in [0.1, 0.15) is 107 Å². The summed E-state index contributed by atoms with van der Waals surface area (Å²) in [5, 5.41) is 0.768. The number of benzene rings is 8. The van der Waals surface area contributed by atoms with E-state index >= 15 is 0 Å². The lowest BCUT2D eigenvalue weighted by atomic mass is 9.88. The van der Waals surface area contributed by atoms with Gasteiger partial charge in [-0.25, -0.2) is 9.97 Å². The van der Waals surface area contributed by atoms with E-state index in [0.29, 0.717) is 39.6 Å². The molecule has 0 aliphatic rings. The fraction of sp³-hybridized carbons (Fsp3) is 0.188. The number of alkyl halides is 3.